The van der Waals surface area contributed by atoms with Crippen LogP contribution in [0.2, 0.25) is 45.8 Å². The van der Waals surface area contributed by atoms with Crippen molar-refractivity contribution in [3.63, 3.8) is 0 Å². The van der Waals surface area contributed by atoms with Crippen LogP contribution in [0.25, 0.3) is 0 Å². The lowest BCUT2D eigenvalue weighted by Gasteiger charge is -2.43. The van der Waals surface area contributed by atoms with Crippen molar-refractivity contribution < 1.29 is 8.85 Å². The van der Waals surface area contributed by atoms with Crippen LogP contribution in [-0.4, -0.2) is 60.2 Å². The van der Waals surface area contributed by atoms with Gasteiger partial charge in [0.25, 0.3) is 0 Å². The van der Waals surface area contributed by atoms with Crippen LogP contribution in [0.4, 0.5) is 0 Å². The summed E-state index contributed by atoms with van der Waals surface area (Å²) in [6.07, 6.45) is 1.28. The highest BCUT2D eigenvalue weighted by Gasteiger charge is 2.34. The van der Waals surface area contributed by atoms with Crippen LogP contribution < -0.4 is 0 Å². The molecule has 0 radical (unpaired) electrons. The summed E-state index contributed by atoms with van der Waals surface area (Å²) in [4.78, 5) is 0. The molecule has 0 spiro atoms. The van der Waals surface area contributed by atoms with E-state index >= 15 is 0 Å². The topological polar surface area (TPSA) is 21.7 Å². The highest BCUT2D eigenvalue weighted by molar-refractivity contribution is 8.00. The maximum atomic E-state index is 5.91. The fraction of sp³-hybridized carbons (Fsp3) is 1.00. The van der Waals surface area contributed by atoms with Crippen molar-refractivity contribution >= 4 is 36.8 Å². The molecule has 0 aliphatic heterocycles. The zero-order chi connectivity index (χ0) is 17.4. The van der Waals surface area contributed by atoms with Crippen LogP contribution in [0.15, 0.2) is 0 Å². The summed E-state index contributed by atoms with van der Waals surface area (Å²) in [7, 11) is -4.33. The van der Waals surface area contributed by atoms with Crippen LogP contribution in [0.3, 0.4) is 0 Å². The Morgan fingerprint density at radius 2 is 1.27 bits per heavy atom. The van der Waals surface area contributed by atoms with E-state index in [1.165, 1.54) is 18.7 Å². The molecule has 0 aromatic carbocycles. The lowest BCUT2D eigenvalue weighted by atomic mass is 10.5. The van der Waals surface area contributed by atoms with Gasteiger partial charge in [-0.05, 0) is 39.1 Å². The molecule has 0 aromatic heterocycles. The molecule has 0 aliphatic carbocycles. The molecule has 0 saturated heterocycles. The molecule has 7 heteroatoms. The van der Waals surface area contributed by atoms with Gasteiger partial charge in [0.15, 0.2) is 0 Å². The van der Waals surface area contributed by atoms with Gasteiger partial charge in [-0.2, -0.15) is 11.8 Å². The summed E-state index contributed by atoms with van der Waals surface area (Å²) >= 11 is 2.02. The predicted octanol–water partition coefficient (Wildman–Crippen LogP) is 4.77. The largest absolute Gasteiger partial charge is 0.394 e. The van der Waals surface area contributed by atoms with Crippen LogP contribution in [0, 0.1) is 0 Å². The molecule has 22 heavy (non-hydrogen) atoms. The fourth-order valence-electron chi connectivity index (χ4n) is 2.99. The summed E-state index contributed by atoms with van der Waals surface area (Å²) in [5, 5.41) is 1.05. The molecule has 0 amide bonds. The number of rotatable bonds is 12. The van der Waals surface area contributed by atoms with Crippen molar-refractivity contribution in [2.45, 2.75) is 66.1 Å². The van der Waals surface area contributed by atoms with Gasteiger partial charge in [0, 0.05) is 18.6 Å². The first-order valence-electron chi connectivity index (χ1n) is 8.59. The van der Waals surface area contributed by atoms with Crippen LogP contribution in [0.1, 0.15) is 20.3 Å². The molecule has 134 valence electrons. The maximum absolute atomic E-state index is 5.91. The molecular weight excluding hydrogens is 342 g/mol. The molecule has 0 rings (SSSR count). The van der Waals surface area contributed by atoms with E-state index in [9.17, 15) is 0 Å². The van der Waals surface area contributed by atoms with Gasteiger partial charge in [-0.25, -0.2) is 0 Å². The second kappa shape index (κ2) is 10.0. The Balaban J connectivity index is 4.24. The monoisotopic (exact) mass is 381 g/mol. The minimum Gasteiger partial charge on any atom is -0.394 e. The van der Waals surface area contributed by atoms with Crippen LogP contribution in [-0.2, 0) is 8.85 Å². The molecule has 0 atom stereocenters. The highest BCUT2D eigenvalue weighted by Crippen LogP contribution is 2.21. The first-order chi connectivity index (χ1) is 9.96. The van der Waals surface area contributed by atoms with Gasteiger partial charge in [0.2, 0.25) is 0 Å². The predicted molar refractivity (Wildman–Crippen MR) is 110 cm³/mol. The minimum absolute atomic E-state index is 0.766. The third-order valence-corrected chi connectivity index (χ3v) is 16.6. The summed E-state index contributed by atoms with van der Waals surface area (Å²) < 4.78 is 14.7. The lowest BCUT2D eigenvalue weighted by molar-refractivity contribution is 0.195. The summed E-state index contributed by atoms with van der Waals surface area (Å²) in [6, 6.07) is 0. The van der Waals surface area contributed by atoms with Gasteiger partial charge in [0.05, 0.1) is 0 Å². The van der Waals surface area contributed by atoms with Crippen molar-refractivity contribution in [1.29, 1.82) is 0 Å². The van der Waals surface area contributed by atoms with E-state index in [2.05, 4.69) is 63.9 Å². The summed E-state index contributed by atoms with van der Waals surface area (Å²) in [5.74, 6) is 1.22. The van der Waals surface area contributed by atoms with Gasteiger partial charge < -0.3 is 13.1 Å². The van der Waals surface area contributed by atoms with Crippen LogP contribution >= 0.6 is 11.8 Å². The Hall–Kier alpha value is 0.881. The second-order valence-corrected chi connectivity index (χ2v) is 22.9. The van der Waals surface area contributed by atoms with E-state index < -0.39 is 25.0 Å². The van der Waals surface area contributed by atoms with Crippen molar-refractivity contribution in [3.8, 4) is 0 Å². The molecule has 0 aliphatic rings. The Kier molecular flexibility index (Phi) is 10.4. The average Bonchev–Trinajstić information content (AvgIpc) is 2.30. The Bertz CT molecular complexity index is 286. The third kappa shape index (κ3) is 9.24. The molecule has 0 fully saturated rings. The van der Waals surface area contributed by atoms with Crippen molar-refractivity contribution in [3.05, 3.63) is 0 Å². The molecule has 0 N–H and O–H groups in total. The summed E-state index contributed by atoms with van der Waals surface area (Å²) in [6.45, 7) is 24.0. The highest BCUT2D eigenvalue weighted by atomic mass is 32.2. The second-order valence-electron chi connectivity index (χ2n) is 7.90. The van der Waals surface area contributed by atoms with Crippen molar-refractivity contribution in [1.82, 2.24) is 4.23 Å². The standard InChI is InChI=1S/C15H39NO2SSi3/c1-10-17-22(9,18-11-2)15-19-14-12-13-16(20(3,4)5)21(6,7)8/h10-15H2,1-9H3. The van der Waals surface area contributed by atoms with E-state index in [0.29, 0.717) is 0 Å². The number of hydrogen-bond acceptors (Lipinski definition) is 4. The van der Waals surface area contributed by atoms with Gasteiger partial charge in [-0.3, -0.25) is 0 Å². The van der Waals surface area contributed by atoms with E-state index in [-0.39, 0.29) is 0 Å². The molecule has 0 saturated carbocycles. The van der Waals surface area contributed by atoms with Crippen molar-refractivity contribution in [2.24, 2.45) is 0 Å². The van der Waals surface area contributed by atoms with E-state index in [1.54, 1.807) is 0 Å². The molecule has 0 bridgehead atoms. The quantitative estimate of drug-likeness (QED) is 0.359. The van der Waals surface area contributed by atoms with E-state index in [1.807, 2.05) is 11.8 Å². The molecular formula is C15H39NO2SSi3. The molecule has 0 unspecified atom stereocenters. The SMILES string of the molecule is CCO[Si](C)(CSCCCN([Si](C)(C)C)[Si](C)(C)C)OCC. The number of hydrogen-bond donors (Lipinski definition) is 0. The Morgan fingerprint density at radius 1 is 0.818 bits per heavy atom. The lowest BCUT2D eigenvalue weighted by Crippen LogP contribution is -2.59. The summed E-state index contributed by atoms with van der Waals surface area (Å²) in [5.41, 5.74) is 0. The minimum atomic E-state index is -1.93. The zero-order valence-electron chi connectivity index (χ0n) is 16.4. The van der Waals surface area contributed by atoms with Crippen LogP contribution in [0.5, 0.6) is 0 Å². The Labute approximate surface area is 147 Å². The van der Waals surface area contributed by atoms with Gasteiger partial charge in [0.1, 0.15) is 16.5 Å². The Morgan fingerprint density at radius 3 is 1.64 bits per heavy atom. The van der Waals surface area contributed by atoms with E-state index in [0.717, 1.165) is 18.6 Å². The number of thioether (sulfide) groups is 1. The van der Waals surface area contributed by atoms with Gasteiger partial charge in [-0.1, -0.05) is 39.3 Å². The van der Waals surface area contributed by atoms with Gasteiger partial charge >= 0.3 is 8.56 Å². The zero-order valence-corrected chi connectivity index (χ0v) is 20.2. The van der Waals surface area contributed by atoms with E-state index in [4.69, 9.17) is 8.85 Å². The number of nitrogens with zero attached hydrogens (tertiary/aromatic N) is 1. The average molecular weight is 382 g/mol. The molecule has 0 heterocycles. The van der Waals surface area contributed by atoms with Crippen molar-refractivity contribution in [2.75, 3.05) is 30.9 Å². The first kappa shape index (κ1) is 22.9. The maximum Gasteiger partial charge on any atom is 0.345 e. The smallest absolute Gasteiger partial charge is 0.345 e. The first-order valence-corrected chi connectivity index (χ1v) is 19.2. The third-order valence-electron chi connectivity index (χ3n) is 3.55. The fourth-order valence-corrected chi connectivity index (χ4v) is 17.1. The molecule has 3 nitrogen and oxygen atoms in total. The normalized spacial score (nSPS) is 13.9. The van der Waals surface area contributed by atoms with Gasteiger partial charge in [-0.15, -0.1) is 0 Å². The molecule has 0 aromatic rings.